The molecule has 0 aromatic heterocycles. The first-order chi connectivity index (χ1) is 11.0. The number of carbonyl (C=O) groups is 1. The van der Waals surface area contributed by atoms with Crippen LogP contribution in [-0.2, 0) is 4.79 Å². The van der Waals surface area contributed by atoms with E-state index in [1.54, 1.807) is 36.2 Å². The van der Waals surface area contributed by atoms with Crippen molar-refractivity contribution in [2.45, 2.75) is 19.8 Å². The van der Waals surface area contributed by atoms with Crippen molar-refractivity contribution in [3.8, 4) is 5.75 Å². The van der Waals surface area contributed by atoms with E-state index in [2.05, 4.69) is 26.0 Å². The number of hydrogen-bond acceptors (Lipinski definition) is 3. The van der Waals surface area contributed by atoms with Gasteiger partial charge in [-0.05, 0) is 41.3 Å². The molecule has 0 unspecified atom stereocenters. The number of benzene rings is 2. The first-order valence-electron chi connectivity index (χ1n) is 7.63. The summed E-state index contributed by atoms with van der Waals surface area (Å²) in [5.74, 6) is 1.23. The molecule has 4 nitrogen and oxygen atoms in total. The Morgan fingerprint density at radius 2 is 1.83 bits per heavy atom. The second-order valence-corrected chi connectivity index (χ2v) is 6.02. The number of nitrogens with zero attached hydrogens (tertiary/aromatic N) is 1. The lowest BCUT2D eigenvalue weighted by Gasteiger charge is -2.27. The normalized spacial score (nSPS) is 15.7. The van der Waals surface area contributed by atoms with Gasteiger partial charge in [0.2, 0.25) is 0 Å². The van der Waals surface area contributed by atoms with Crippen LogP contribution in [0.1, 0.15) is 30.9 Å². The monoisotopic (exact) mass is 308 g/mol. The van der Waals surface area contributed by atoms with Crippen LogP contribution in [0.15, 0.2) is 48.2 Å². The minimum atomic E-state index is -0.184. The van der Waals surface area contributed by atoms with Gasteiger partial charge in [-0.15, -0.1) is 0 Å². The quantitative estimate of drug-likeness (QED) is 0.678. The fraction of sp³-hybridized carbons (Fsp3) is 0.211. The molecule has 0 aliphatic carbocycles. The summed E-state index contributed by atoms with van der Waals surface area (Å²) < 4.78 is 5.77. The molecule has 1 amide bonds. The first-order valence-corrected chi connectivity index (χ1v) is 7.63. The lowest BCUT2D eigenvalue weighted by Crippen LogP contribution is -2.33. The fourth-order valence-corrected chi connectivity index (χ4v) is 2.54. The minimum absolute atomic E-state index is 0.184. The summed E-state index contributed by atoms with van der Waals surface area (Å²) in [6.07, 6.45) is 1.77. The third-order valence-electron chi connectivity index (χ3n) is 3.98. The van der Waals surface area contributed by atoms with E-state index in [0.29, 0.717) is 28.8 Å². The summed E-state index contributed by atoms with van der Waals surface area (Å²) in [7, 11) is 1.72. The van der Waals surface area contributed by atoms with Crippen LogP contribution < -0.4 is 15.4 Å². The zero-order chi connectivity index (χ0) is 16.6. The molecule has 2 aromatic carbocycles. The molecule has 118 valence electrons. The van der Waals surface area contributed by atoms with Crippen molar-refractivity contribution < 1.29 is 9.53 Å². The molecule has 3 rings (SSSR count). The summed E-state index contributed by atoms with van der Waals surface area (Å²) in [4.78, 5) is 14.0. The van der Waals surface area contributed by atoms with Crippen molar-refractivity contribution in [2.24, 2.45) is 0 Å². The van der Waals surface area contributed by atoms with E-state index in [1.807, 2.05) is 12.1 Å². The Kier molecular flexibility index (Phi) is 3.82. The Morgan fingerprint density at radius 3 is 2.48 bits per heavy atom. The average molecular weight is 308 g/mol. The Morgan fingerprint density at radius 1 is 1.13 bits per heavy atom. The number of ether oxygens (including phenoxy) is 1. The van der Waals surface area contributed by atoms with Crippen LogP contribution in [0.3, 0.4) is 0 Å². The van der Waals surface area contributed by atoms with Crippen LogP contribution in [-0.4, -0.2) is 13.0 Å². The maximum atomic E-state index is 12.5. The van der Waals surface area contributed by atoms with Crippen LogP contribution in [0.25, 0.3) is 6.08 Å². The molecular weight excluding hydrogens is 288 g/mol. The van der Waals surface area contributed by atoms with Gasteiger partial charge in [-0.1, -0.05) is 38.1 Å². The molecule has 0 atom stereocenters. The standard InChI is InChI=1S/C19H20N2O2/c1-12(2)14-6-4-13(5-7-14)10-18-19(22)21(3)16-11-15(20)8-9-17(16)23-18/h4-12H,20H2,1-3H3/b18-10+. The highest BCUT2D eigenvalue weighted by Crippen LogP contribution is 2.36. The van der Waals surface area contributed by atoms with E-state index in [9.17, 15) is 4.79 Å². The third-order valence-corrected chi connectivity index (χ3v) is 3.98. The second-order valence-electron chi connectivity index (χ2n) is 6.02. The zero-order valence-electron chi connectivity index (χ0n) is 13.5. The number of nitrogen functional groups attached to an aromatic ring is 1. The van der Waals surface area contributed by atoms with Crippen molar-refractivity contribution in [2.75, 3.05) is 17.7 Å². The molecule has 4 heteroatoms. The second kappa shape index (κ2) is 5.80. The first kappa shape index (κ1) is 15.2. The fourth-order valence-electron chi connectivity index (χ4n) is 2.54. The molecule has 2 N–H and O–H groups in total. The molecule has 1 aliphatic rings. The molecular formula is C19H20N2O2. The van der Waals surface area contributed by atoms with Gasteiger partial charge >= 0.3 is 0 Å². The van der Waals surface area contributed by atoms with E-state index < -0.39 is 0 Å². The van der Waals surface area contributed by atoms with Crippen LogP contribution in [0.2, 0.25) is 0 Å². The summed E-state index contributed by atoms with van der Waals surface area (Å²) >= 11 is 0. The van der Waals surface area contributed by atoms with Crippen molar-refractivity contribution in [3.63, 3.8) is 0 Å². The predicted molar refractivity (Wildman–Crippen MR) is 93.4 cm³/mol. The van der Waals surface area contributed by atoms with Crippen LogP contribution in [0.4, 0.5) is 11.4 Å². The van der Waals surface area contributed by atoms with Gasteiger partial charge in [0, 0.05) is 12.7 Å². The predicted octanol–water partition coefficient (Wildman–Crippen LogP) is 3.79. The number of amides is 1. The number of likely N-dealkylation sites (N-methyl/N-ethyl adjacent to an activating group) is 1. The van der Waals surface area contributed by atoms with E-state index in [-0.39, 0.29) is 5.91 Å². The van der Waals surface area contributed by atoms with Gasteiger partial charge in [0.15, 0.2) is 11.5 Å². The van der Waals surface area contributed by atoms with Crippen molar-refractivity contribution in [1.29, 1.82) is 0 Å². The molecule has 1 heterocycles. The number of anilines is 2. The Hall–Kier alpha value is -2.75. The Bertz CT molecular complexity index is 776. The van der Waals surface area contributed by atoms with Crippen molar-refractivity contribution >= 4 is 23.4 Å². The smallest absolute Gasteiger partial charge is 0.293 e. The number of fused-ring (bicyclic) bond motifs is 1. The van der Waals surface area contributed by atoms with Crippen LogP contribution in [0.5, 0.6) is 5.75 Å². The van der Waals surface area contributed by atoms with Crippen molar-refractivity contribution in [1.82, 2.24) is 0 Å². The average Bonchev–Trinajstić information content (AvgIpc) is 2.53. The van der Waals surface area contributed by atoms with E-state index in [0.717, 1.165) is 5.56 Å². The summed E-state index contributed by atoms with van der Waals surface area (Å²) in [5.41, 5.74) is 9.26. The number of nitrogens with two attached hydrogens (primary N) is 1. The van der Waals surface area contributed by atoms with E-state index in [1.165, 1.54) is 5.56 Å². The van der Waals surface area contributed by atoms with Gasteiger partial charge in [0.1, 0.15) is 0 Å². The van der Waals surface area contributed by atoms with Crippen LogP contribution in [0, 0.1) is 0 Å². The van der Waals surface area contributed by atoms with Crippen LogP contribution >= 0.6 is 0 Å². The summed E-state index contributed by atoms with van der Waals surface area (Å²) in [5, 5.41) is 0. The molecule has 0 saturated heterocycles. The largest absolute Gasteiger partial charge is 0.449 e. The molecule has 1 aliphatic heterocycles. The zero-order valence-corrected chi connectivity index (χ0v) is 13.5. The molecule has 2 aromatic rings. The lowest BCUT2D eigenvalue weighted by molar-refractivity contribution is -0.117. The van der Waals surface area contributed by atoms with E-state index in [4.69, 9.17) is 10.5 Å². The third kappa shape index (κ3) is 2.93. The minimum Gasteiger partial charge on any atom is -0.449 e. The Balaban J connectivity index is 1.94. The molecule has 0 fully saturated rings. The van der Waals surface area contributed by atoms with Gasteiger partial charge in [-0.3, -0.25) is 4.79 Å². The molecule has 23 heavy (non-hydrogen) atoms. The highest BCUT2D eigenvalue weighted by molar-refractivity contribution is 6.09. The summed E-state index contributed by atoms with van der Waals surface area (Å²) in [6.45, 7) is 4.30. The highest BCUT2D eigenvalue weighted by atomic mass is 16.5. The number of carbonyl (C=O) groups excluding carboxylic acids is 1. The van der Waals surface area contributed by atoms with Crippen molar-refractivity contribution in [3.05, 3.63) is 59.4 Å². The Labute approximate surface area is 136 Å². The van der Waals surface area contributed by atoms with Gasteiger partial charge in [-0.2, -0.15) is 0 Å². The van der Waals surface area contributed by atoms with Gasteiger partial charge < -0.3 is 15.4 Å². The number of rotatable bonds is 2. The summed E-state index contributed by atoms with van der Waals surface area (Å²) in [6, 6.07) is 13.4. The van der Waals surface area contributed by atoms with Gasteiger partial charge in [0.25, 0.3) is 5.91 Å². The highest BCUT2D eigenvalue weighted by Gasteiger charge is 2.27. The topological polar surface area (TPSA) is 55.6 Å². The van der Waals surface area contributed by atoms with E-state index >= 15 is 0 Å². The van der Waals surface area contributed by atoms with Gasteiger partial charge in [-0.25, -0.2) is 0 Å². The molecule has 0 bridgehead atoms. The molecule has 0 radical (unpaired) electrons. The van der Waals surface area contributed by atoms with Gasteiger partial charge in [0.05, 0.1) is 5.69 Å². The molecule has 0 saturated carbocycles. The maximum Gasteiger partial charge on any atom is 0.293 e. The number of hydrogen-bond donors (Lipinski definition) is 1. The molecule has 0 spiro atoms. The maximum absolute atomic E-state index is 12.5. The SMILES string of the molecule is CC(C)c1ccc(/C=C2/Oc3ccc(N)cc3N(C)C2=O)cc1. The lowest BCUT2D eigenvalue weighted by atomic mass is 10.0.